The minimum absolute atomic E-state index is 0.0426. The summed E-state index contributed by atoms with van der Waals surface area (Å²) in [5, 5.41) is 7.33. The van der Waals surface area contributed by atoms with E-state index in [1.165, 1.54) is 0 Å². The van der Waals surface area contributed by atoms with Gasteiger partial charge in [0.2, 0.25) is 5.91 Å². The van der Waals surface area contributed by atoms with E-state index in [9.17, 15) is 4.79 Å². The molecule has 18 heavy (non-hydrogen) atoms. The second-order valence-electron chi connectivity index (χ2n) is 4.99. The average molecular weight is 251 g/mol. The molecule has 6 nitrogen and oxygen atoms in total. The maximum absolute atomic E-state index is 11.6. The molecule has 1 aromatic heterocycles. The fourth-order valence-corrected chi connectivity index (χ4v) is 2.21. The topological polar surface area (TPSA) is 76.2 Å². The Morgan fingerprint density at radius 2 is 2.17 bits per heavy atom. The van der Waals surface area contributed by atoms with Gasteiger partial charge in [-0.05, 0) is 27.2 Å². The Hall–Kier alpha value is -1.72. The number of hydrogen-bond donors (Lipinski definition) is 2. The van der Waals surface area contributed by atoms with Crippen molar-refractivity contribution in [1.82, 2.24) is 15.1 Å². The summed E-state index contributed by atoms with van der Waals surface area (Å²) in [4.78, 5) is 13.7. The van der Waals surface area contributed by atoms with Crippen molar-refractivity contribution in [3.8, 4) is 0 Å². The highest BCUT2D eigenvalue weighted by molar-refractivity contribution is 5.83. The predicted molar refractivity (Wildman–Crippen MR) is 71.6 cm³/mol. The first kappa shape index (κ1) is 12.7. The molecule has 0 atom stereocenters. The Bertz CT molecular complexity index is 452. The van der Waals surface area contributed by atoms with Gasteiger partial charge in [-0.2, -0.15) is 5.10 Å². The lowest BCUT2D eigenvalue weighted by Crippen LogP contribution is -2.34. The highest BCUT2D eigenvalue weighted by Gasteiger charge is 2.23. The van der Waals surface area contributed by atoms with Gasteiger partial charge < -0.3 is 16.0 Å². The number of aromatic nitrogens is 2. The number of carbonyl (C=O) groups excluding carboxylic acids is 1. The number of aryl methyl sites for hydroxylation is 1. The summed E-state index contributed by atoms with van der Waals surface area (Å²) in [5.41, 5.74) is 7.61. The minimum atomic E-state index is 0.0426. The van der Waals surface area contributed by atoms with E-state index in [0.717, 1.165) is 31.0 Å². The first-order chi connectivity index (χ1) is 8.50. The number of hydrogen-bond acceptors (Lipinski definition) is 4. The largest absolute Gasteiger partial charge is 0.394 e. The molecular weight excluding hydrogens is 230 g/mol. The molecule has 1 amide bonds. The van der Waals surface area contributed by atoms with Crippen LogP contribution in [0.1, 0.15) is 32.0 Å². The molecule has 1 aromatic rings. The van der Waals surface area contributed by atoms with Crippen molar-refractivity contribution in [2.75, 3.05) is 30.3 Å². The highest BCUT2D eigenvalue weighted by atomic mass is 16.2. The lowest BCUT2D eigenvalue weighted by atomic mass is 10.3. The molecule has 1 saturated heterocycles. The van der Waals surface area contributed by atoms with Crippen LogP contribution < -0.4 is 16.0 Å². The van der Waals surface area contributed by atoms with Crippen molar-refractivity contribution in [3.05, 3.63) is 5.69 Å². The molecule has 0 radical (unpaired) electrons. The van der Waals surface area contributed by atoms with Crippen molar-refractivity contribution in [2.45, 2.75) is 33.2 Å². The number of nitrogen functional groups attached to an aromatic ring is 1. The molecule has 0 aliphatic carbocycles. The molecule has 0 saturated carbocycles. The van der Waals surface area contributed by atoms with E-state index in [0.29, 0.717) is 12.2 Å². The predicted octanol–water partition coefficient (Wildman–Crippen LogP) is 0.681. The van der Waals surface area contributed by atoms with Gasteiger partial charge >= 0.3 is 0 Å². The molecule has 0 unspecified atom stereocenters. The van der Waals surface area contributed by atoms with Crippen LogP contribution in [0.4, 0.5) is 11.5 Å². The number of rotatable bonds is 2. The molecular formula is C12H21N5O. The molecule has 6 heteroatoms. The van der Waals surface area contributed by atoms with Gasteiger partial charge in [0, 0.05) is 19.1 Å². The number of carbonyl (C=O) groups is 1. The zero-order valence-electron chi connectivity index (χ0n) is 11.2. The molecule has 1 fully saturated rings. The van der Waals surface area contributed by atoms with E-state index in [4.69, 9.17) is 5.73 Å². The Kier molecular flexibility index (Phi) is 3.45. The summed E-state index contributed by atoms with van der Waals surface area (Å²) in [6.45, 7) is 7.92. The van der Waals surface area contributed by atoms with Gasteiger partial charge in [0.15, 0.2) is 5.82 Å². The molecule has 1 aliphatic rings. The average Bonchev–Trinajstić information content (AvgIpc) is 2.49. The Morgan fingerprint density at radius 3 is 2.83 bits per heavy atom. The van der Waals surface area contributed by atoms with Crippen LogP contribution in [-0.2, 0) is 4.79 Å². The highest BCUT2D eigenvalue weighted by Crippen LogP contribution is 2.29. The lowest BCUT2D eigenvalue weighted by molar-refractivity contribution is -0.119. The summed E-state index contributed by atoms with van der Waals surface area (Å²) in [6, 6.07) is 0.224. The normalized spacial score (nSPS) is 16.9. The fraction of sp³-hybridized carbons (Fsp3) is 0.667. The molecule has 3 N–H and O–H groups in total. The smallest absolute Gasteiger partial charge is 0.239 e. The molecule has 0 bridgehead atoms. The number of nitrogens with zero attached hydrogens (tertiary/aromatic N) is 3. The summed E-state index contributed by atoms with van der Waals surface area (Å²) < 4.78 is 1.91. The van der Waals surface area contributed by atoms with E-state index in [1.807, 2.05) is 16.5 Å². The Balaban J connectivity index is 2.39. The second-order valence-corrected chi connectivity index (χ2v) is 4.99. The minimum Gasteiger partial charge on any atom is -0.394 e. The summed E-state index contributed by atoms with van der Waals surface area (Å²) >= 11 is 0. The van der Waals surface area contributed by atoms with Gasteiger partial charge in [-0.3, -0.25) is 4.79 Å². The number of nitrogens with two attached hydrogens (primary N) is 1. The van der Waals surface area contributed by atoms with E-state index in [1.54, 1.807) is 0 Å². The summed E-state index contributed by atoms with van der Waals surface area (Å²) in [6.07, 6.45) is 0.924. The summed E-state index contributed by atoms with van der Waals surface area (Å²) in [5.74, 6) is 0.917. The van der Waals surface area contributed by atoms with Crippen LogP contribution in [0.5, 0.6) is 0 Å². The van der Waals surface area contributed by atoms with Crippen molar-refractivity contribution >= 4 is 17.4 Å². The van der Waals surface area contributed by atoms with Crippen LogP contribution in [0.25, 0.3) is 0 Å². The van der Waals surface area contributed by atoms with Gasteiger partial charge in [0.05, 0.1) is 17.9 Å². The molecule has 1 aliphatic heterocycles. The van der Waals surface area contributed by atoms with Gasteiger partial charge in [0.1, 0.15) is 0 Å². The van der Waals surface area contributed by atoms with Crippen LogP contribution in [0.15, 0.2) is 0 Å². The van der Waals surface area contributed by atoms with Crippen LogP contribution in [0.3, 0.4) is 0 Å². The fourth-order valence-electron chi connectivity index (χ4n) is 2.21. The molecule has 2 heterocycles. The molecule has 2 rings (SSSR count). The van der Waals surface area contributed by atoms with Crippen molar-refractivity contribution in [2.24, 2.45) is 0 Å². The first-order valence-electron chi connectivity index (χ1n) is 6.37. The van der Waals surface area contributed by atoms with E-state index in [-0.39, 0.29) is 11.9 Å². The zero-order chi connectivity index (χ0) is 13.3. The monoisotopic (exact) mass is 251 g/mol. The van der Waals surface area contributed by atoms with Crippen LogP contribution in [-0.4, -0.2) is 35.3 Å². The van der Waals surface area contributed by atoms with Crippen molar-refractivity contribution < 1.29 is 4.79 Å². The number of nitrogens with one attached hydrogen (secondary N) is 1. The van der Waals surface area contributed by atoms with Crippen molar-refractivity contribution in [1.29, 1.82) is 0 Å². The third kappa shape index (κ3) is 2.27. The van der Waals surface area contributed by atoms with Gasteiger partial charge in [-0.1, -0.05) is 0 Å². The lowest BCUT2D eigenvalue weighted by Gasteiger charge is -2.24. The standard InChI is InChI=1S/C12H21N5O/c1-8(2)17-12(11(13)9(3)15-17)16-6-4-5-14-10(18)7-16/h8H,4-7,13H2,1-3H3,(H,14,18). The maximum Gasteiger partial charge on any atom is 0.239 e. The Labute approximate surface area is 107 Å². The Morgan fingerprint density at radius 1 is 1.44 bits per heavy atom. The van der Waals surface area contributed by atoms with E-state index in [2.05, 4.69) is 24.3 Å². The maximum atomic E-state index is 11.6. The van der Waals surface area contributed by atoms with Gasteiger partial charge in [-0.15, -0.1) is 0 Å². The van der Waals surface area contributed by atoms with Gasteiger partial charge in [-0.25, -0.2) is 4.68 Å². The SMILES string of the molecule is Cc1nn(C(C)C)c(N2CCCNC(=O)C2)c1N. The molecule has 100 valence electrons. The third-order valence-electron chi connectivity index (χ3n) is 3.16. The van der Waals surface area contributed by atoms with Crippen LogP contribution in [0, 0.1) is 6.92 Å². The van der Waals surface area contributed by atoms with E-state index < -0.39 is 0 Å². The molecule has 0 aromatic carbocycles. The van der Waals surface area contributed by atoms with Gasteiger partial charge in [0.25, 0.3) is 0 Å². The first-order valence-corrected chi connectivity index (χ1v) is 6.37. The second kappa shape index (κ2) is 4.88. The van der Waals surface area contributed by atoms with Crippen LogP contribution >= 0.6 is 0 Å². The zero-order valence-corrected chi connectivity index (χ0v) is 11.2. The number of amides is 1. The number of anilines is 2. The van der Waals surface area contributed by atoms with Crippen LogP contribution in [0.2, 0.25) is 0 Å². The summed E-state index contributed by atoms with van der Waals surface area (Å²) in [7, 11) is 0. The van der Waals surface area contributed by atoms with Crippen molar-refractivity contribution in [3.63, 3.8) is 0 Å². The van der Waals surface area contributed by atoms with E-state index >= 15 is 0 Å². The third-order valence-corrected chi connectivity index (χ3v) is 3.16. The molecule has 0 spiro atoms. The quantitative estimate of drug-likeness (QED) is 0.810.